The van der Waals surface area contributed by atoms with Gasteiger partial charge in [-0.1, -0.05) is 75.7 Å². The molecule has 10 unspecified atom stereocenters. The predicted molar refractivity (Wildman–Crippen MR) is 120 cm³/mol. The molecule has 0 aromatic heterocycles. The van der Waals surface area contributed by atoms with Gasteiger partial charge in [0.25, 0.3) is 0 Å². The second-order valence-electron chi connectivity index (χ2n) is 12.5. The highest BCUT2D eigenvalue weighted by molar-refractivity contribution is 5.28. The van der Waals surface area contributed by atoms with E-state index in [9.17, 15) is 0 Å². The quantitative estimate of drug-likeness (QED) is 0.360. The maximum Gasteiger partial charge on any atom is -0.0181 e. The van der Waals surface area contributed by atoms with Crippen molar-refractivity contribution in [1.82, 2.24) is 0 Å². The molecule has 0 amide bonds. The molecule has 0 aromatic carbocycles. The molecule has 0 aromatic rings. The Balaban J connectivity index is 1.45. The lowest BCUT2D eigenvalue weighted by Gasteiger charge is -2.53. The van der Waals surface area contributed by atoms with Gasteiger partial charge in [-0.25, -0.2) is 0 Å². The molecule has 10 atom stereocenters. The molecule has 0 heterocycles. The molecule has 0 nitrogen and oxygen atoms in total. The van der Waals surface area contributed by atoms with Crippen molar-refractivity contribution in [1.29, 1.82) is 0 Å². The molecule has 0 N–H and O–H groups in total. The van der Waals surface area contributed by atoms with Gasteiger partial charge in [0, 0.05) is 0 Å². The summed E-state index contributed by atoms with van der Waals surface area (Å²) in [7, 11) is 0. The van der Waals surface area contributed by atoms with Crippen molar-refractivity contribution in [2.24, 2.45) is 70.0 Å². The van der Waals surface area contributed by atoms with Crippen LogP contribution in [0.15, 0.2) is 0 Å². The fourth-order valence-corrected chi connectivity index (χ4v) is 8.86. The van der Waals surface area contributed by atoms with Gasteiger partial charge in [-0.15, -0.1) is 0 Å². The first-order valence-corrected chi connectivity index (χ1v) is 12.5. The Labute approximate surface area is 171 Å². The number of hydrogen-bond donors (Lipinski definition) is 0. The Morgan fingerprint density at radius 3 is 1.93 bits per heavy atom. The maximum absolute atomic E-state index is 2.60. The van der Waals surface area contributed by atoms with Crippen LogP contribution in [0.5, 0.6) is 0 Å². The van der Waals surface area contributed by atoms with Crippen LogP contribution in [0.2, 0.25) is 0 Å². The summed E-state index contributed by atoms with van der Waals surface area (Å²) in [5, 5.41) is 0. The Hall–Kier alpha value is 0. The van der Waals surface area contributed by atoms with Crippen LogP contribution in [0.4, 0.5) is 0 Å². The normalized spacial score (nSPS) is 46.0. The molecule has 0 aliphatic heterocycles. The van der Waals surface area contributed by atoms with Crippen LogP contribution in [-0.2, 0) is 0 Å². The van der Waals surface area contributed by atoms with Gasteiger partial charge in [-0.2, -0.15) is 0 Å². The lowest BCUT2D eigenvalue weighted by molar-refractivity contribution is -0.0530. The third kappa shape index (κ3) is 3.34. The molecule has 0 spiro atoms. The van der Waals surface area contributed by atoms with Crippen LogP contribution in [0, 0.1) is 70.0 Å². The zero-order valence-electron chi connectivity index (χ0n) is 20.3. The van der Waals surface area contributed by atoms with Crippen LogP contribution in [0.25, 0.3) is 0 Å². The summed E-state index contributed by atoms with van der Waals surface area (Å²) in [6, 6.07) is 0. The van der Waals surface area contributed by atoms with Crippen molar-refractivity contribution in [3.63, 3.8) is 0 Å². The van der Waals surface area contributed by atoms with Crippen LogP contribution < -0.4 is 0 Å². The highest BCUT2D eigenvalue weighted by Gasteiger charge is 2.80. The van der Waals surface area contributed by atoms with Crippen molar-refractivity contribution < 1.29 is 0 Å². The summed E-state index contributed by atoms with van der Waals surface area (Å²) in [6.07, 6.45) is 7.22. The first-order chi connectivity index (χ1) is 12.5. The fourth-order valence-electron chi connectivity index (χ4n) is 8.86. The zero-order chi connectivity index (χ0) is 20.3. The first-order valence-electron chi connectivity index (χ1n) is 12.5. The van der Waals surface area contributed by atoms with Gasteiger partial charge >= 0.3 is 0 Å². The Kier molecular flexibility index (Phi) is 5.91. The van der Waals surface area contributed by atoms with Crippen LogP contribution in [-0.4, -0.2) is 0 Å². The first kappa shape index (κ1) is 21.7. The van der Waals surface area contributed by atoms with E-state index in [1.807, 2.05) is 0 Å². The van der Waals surface area contributed by atoms with Crippen molar-refractivity contribution in [2.75, 3.05) is 0 Å². The largest absolute Gasteiger partial charge is 0.0654 e. The SMILES string of the molecule is CCCC12C(C)C1C(CC(C)CC(C)CC(C)C(C)C1C(C)C1C)C2(C)C. The van der Waals surface area contributed by atoms with Crippen LogP contribution in [0.3, 0.4) is 0 Å². The summed E-state index contributed by atoms with van der Waals surface area (Å²) in [4.78, 5) is 0. The summed E-state index contributed by atoms with van der Waals surface area (Å²) >= 11 is 0. The highest BCUT2D eigenvalue weighted by Crippen LogP contribution is 2.86. The number of fused-ring (bicyclic) bond motifs is 1. The van der Waals surface area contributed by atoms with Crippen molar-refractivity contribution in [3.8, 4) is 0 Å². The fraction of sp³-hybridized carbons (Fsp3) is 1.00. The zero-order valence-corrected chi connectivity index (χ0v) is 20.3. The van der Waals surface area contributed by atoms with Gasteiger partial charge in [0.05, 0.1) is 0 Å². The van der Waals surface area contributed by atoms with E-state index in [4.69, 9.17) is 0 Å². The van der Waals surface area contributed by atoms with E-state index in [1.54, 1.807) is 0 Å². The summed E-state index contributed by atoms with van der Waals surface area (Å²) in [6.45, 7) is 25.2. The average molecular weight is 375 g/mol. The second-order valence-corrected chi connectivity index (χ2v) is 12.5. The summed E-state index contributed by atoms with van der Waals surface area (Å²) in [5.74, 6) is 9.59. The molecule has 0 heteroatoms. The minimum absolute atomic E-state index is 0.588. The molecule has 158 valence electrons. The molecule has 0 bridgehead atoms. The van der Waals surface area contributed by atoms with Crippen molar-refractivity contribution in [2.45, 2.75) is 101 Å². The molecule has 3 saturated carbocycles. The van der Waals surface area contributed by atoms with Gasteiger partial charge in [-0.3, -0.25) is 0 Å². The van der Waals surface area contributed by atoms with Crippen molar-refractivity contribution >= 4 is 0 Å². The minimum Gasteiger partial charge on any atom is -0.0654 e. The molecule has 0 saturated heterocycles. The Bertz CT molecular complexity index is 510. The van der Waals surface area contributed by atoms with E-state index in [0.29, 0.717) is 5.41 Å². The van der Waals surface area contributed by atoms with Gasteiger partial charge in [0.2, 0.25) is 0 Å². The monoisotopic (exact) mass is 374 g/mol. The molecule has 3 aliphatic carbocycles. The standard InChI is InChI=1S/C27H50/c1-11-12-27-22(8)25(27)23(26(27,9)10)15-17(3)13-16(2)14-18(4)19(5)24-20(6)21(24)7/h16-25H,11-15H2,1-10H3. The van der Waals surface area contributed by atoms with Gasteiger partial charge in [-0.05, 0) is 95.7 Å². The summed E-state index contributed by atoms with van der Waals surface area (Å²) in [5.41, 5.74) is 1.31. The molecule has 3 rings (SSSR count). The van der Waals surface area contributed by atoms with E-state index in [-0.39, 0.29) is 0 Å². The van der Waals surface area contributed by atoms with Crippen LogP contribution in [0.1, 0.15) is 101 Å². The highest BCUT2D eigenvalue weighted by atomic mass is 14.8. The smallest absolute Gasteiger partial charge is 0.0181 e. The number of hydrogen-bond acceptors (Lipinski definition) is 0. The average Bonchev–Trinajstić information content (AvgIpc) is 3.37. The molecule has 3 fully saturated rings. The molecule has 27 heavy (non-hydrogen) atoms. The van der Waals surface area contributed by atoms with Crippen molar-refractivity contribution in [3.05, 3.63) is 0 Å². The van der Waals surface area contributed by atoms with Gasteiger partial charge in [0.15, 0.2) is 0 Å². The lowest BCUT2D eigenvalue weighted by Crippen LogP contribution is -2.47. The predicted octanol–water partition coefficient (Wildman–Crippen LogP) is 8.31. The van der Waals surface area contributed by atoms with Crippen LogP contribution >= 0.6 is 0 Å². The second kappa shape index (κ2) is 7.36. The minimum atomic E-state index is 0.588. The topological polar surface area (TPSA) is 0 Å². The van der Waals surface area contributed by atoms with E-state index >= 15 is 0 Å². The van der Waals surface area contributed by atoms with Gasteiger partial charge in [0.1, 0.15) is 0 Å². The maximum atomic E-state index is 2.60. The number of rotatable bonds is 10. The Morgan fingerprint density at radius 1 is 0.852 bits per heavy atom. The molecule has 3 aliphatic rings. The summed E-state index contributed by atoms with van der Waals surface area (Å²) < 4.78 is 0. The molecular weight excluding hydrogens is 324 g/mol. The third-order valence-electron chi connectivity index (χ3n) is 10.7. The molecular formula is C27H50. The Morgan fingerprint density at radius 2 is 1.44 bits per heavy atom. The van der Waals surface area contributed by atoms with E-state index < -0.39 is 0 Å². The lowest BCUT2D eigenvalue weighted by atomic mass is 9.51. The van der Waals surface area contributed by atoms with E-state index in [2.05, 4.69) is 69.2 Å². The van der Waals surface area contributed by atoms with Gasteiger partial charge < -0.3 is 0 Å². The van der Waals surface area contributed by atoms with E-state index in [1.165, 1.54) is 32.1 Å². The molecule has 0 radical (unpaired) electrons. The third-order valence-corrected chi connectivity index (χ3v) is 10.7. The van der Waals surface area contributed by atoms with E-state index in [0.717, 1.165) is 64.6 Å².